The third-order valence-electron chi connectivity index (χ3n) is 12.5. The summed E-state index contributed by atoms with van der Waals surface area (Å²) in [6, 6.07) is 29.9. The Kier molecular flexibility index (Phi) is 15.1. The van der Waals surface area contributed by atoms with Crippen LogP contribution in [-0.4, -0.2) is 19.8 Å². The molecule has 64 heavy (non-hydrogen) atoms. The minimum atomic E-state index is -0.107. The fraction of sp³-hybridized carbons (Fsp3) is 0.500. The van der Waals surface area contributed by atoms with Gasteiger partial charge in [-0.25, -0.2) is 0 Å². The SMILES string of the molecule is CCCOc1c2cc(C(C)(C)C)cc1Cc1cc(C(C)(C)C)cc(c1OCCC)Cc1cc(C(C)(C)C)cc(c1OCc1ccccc1)Cc1cc(C(C)(C)C)cc(c1OCCC)C2. The van der Waals surface area contributed by atoms with Crippen molar-refractivity contribution in [1.82, 2.24) is 0 Å². The van der Waals surface area contributed by atoms with Crippen LogP contribution in [0.2, 0.25) is 0 Å². The molecule has 0 heterocycles. The monoisotopic (exact) mass is 865 g/mol. The molecule has 0 atom stereocenters. The number of hydrogen-bond donors (Lipinski definition) is 0. The van der Waals surface area contributed by atoms with E-state index in [1.54, 1.807) is 0 Å². The summed E-state index contributed by atoms with van der Waals surface area (Å²) in [7, 11) is 0. The van der Waals surface area contributed by atoms with E-state index in [2.05, 4.69) is 183 Å². The minimum Gasteiger partial charge on any atom is -0.493 e. The molecule has 0 saturated carbocycles. The van der Waals surface area contributed by atoms with E-state index in [1.807, 2.05) is 0 Å². The van der Waals surface area contributed by atoms with Crippen molar-refractivity contribution in [3.8, 4) is 23.0 Å². The van der Waals surface area contributed by atoms with Crippen LogP contribution in [0.1, 0.15) is 195 Å². The Labute approximate surface area is 388 Å². The third-order valence-corrected chi connectivity index (χ3v) is 12.5. The first kappa shape index (κ1) is 48.7. The lowest BCUT2D eigenvalue weighted by Crippen LogP contribution is -2.18. The molecule has 0 amide bonds. The van der Waals surface area contributed by atoms with Gasteiger partial charge < -0.3 is 18.9 Å². The van der Waals surface area contributed by atoms with E-state index in [0.717, 1.165) is 47.8 Å². The predicted octanol–water partition coefficient (Wildman–Crippen LogP) is 15.5. The summed E-state index contributed by atoms with van der Waals surface area (Å²) in [5.74, 6) is 3.91. The molecule has 0 aliphatic heterocycles. The second-order valence-corrected chi connectivity index (χ2v) is 22.5. The second kappa shape index (κ2) is 19.8. The topological polar surface area (TPSA) is 36.9 Å². The summed E-state index contributed by atoms with van der Waals surface area (Å²) >= 11 is 0. The van der Waals surface area contributed by atoms with Gasteiger partial charge in [0.2, 0.25) is 0 Å². The van der Waals surface area contributed by atoms with Gasteiger partial charge in [0.05, 0.1) is 19.8 Å². The fourth-order valence-corrected chi connectivity index (χ4v) is 8.70. The zero-order chi connectivity index (χ0) is 46.6. The lowest BCUT2D eigenvalue weighted by Gasteiger charge is -2.29. The van der Waals surface area contributed by atoms with E-state index >= 15 is 0 Å². The van der Waals surface area contributed by atoms with Crippen molar-refractivity contribution in [2.45, 2.75) is 177 Å². The van der Waals surface area contributed by atoms with Crippen LogP contribution in [0.15, 0.2) is 78.9 Å². The van der Waals surface area contributed by atoms with E-state index in [9.17, 15) is 0 Å². The van der Waals surface area contributed by atoms with Crippen molar-refractivity contribution in [1.29, 1.82) is 0 Å². The van der Waals surface area contributed by atoms with Crippen molar-refractivity contribution in [3.63, 3.8) is 0 Å². The van der Waals surface area contributed by atoms with Crippen LogP contribution in [0.4, 0.5) is 0 Å². The molecule has 8 bridgehead atoms. The van der Waals surface area contributed by atoms with E-state index in [-0.39, 0.29) is 21.7 Å². The first-order chi connectivity index (χ1) is 30.1. The molecule has 5 aromatic carbocycles. The first-order valence-electron chi connectivity index (χ1n) is 24.3. The standard InChI is InChI=1S/C60H80O4/c1-16-24-61-53-41-27-43-33-50(58(7,8)9)35-45(54(43)62-25-17-2)29-47-37-52(60(13,14)15)38-48(56(47)64-39-40-22-20-19-21-23-40)30-46-36-51(59(10,11)12)34-44(55(46)63-26-18-3)28-42(53)32-49(31-41)57(4,5)6/h19-23,31-38H,16-18,24-30,39H2,1-15H3. The Morgan fingerprint density at radius 3 is 0.797 bits per heavy atom. The van der Waals surface area contributed by atoms with Gasteiger partial charge in [0.15, 0.2) is 0 Å². The van der Waals surface area contributed by atoms with Crippen molar-refractivity contribution in [2.24, 2.45) is 0 Å². The highest BCUT2D eigenvalue weighted by Crippen LogP contribution is 2.44. The Morgan fingerprint density at radius 1 is 0.344 bits per heavy atom. The zero-order valence-corrected chi connectivity index (χ0v) is 42.4. The van der Waals surface area contributed by atoms with Gasteiger partial charge in [0.25, 0.3) is 0 Å². The molecule has 4 nitrogen and oxygen atoms in total. The Balaban J connectivity index is 1.79. The van der Waals surface area contributed by atoms with Gasteiger partial charge in [-0.1, -0.05) is 183 Å². The Hall–Kier alpha value is -4.70. The molecular weight excluding hydrogens is 785 g/mol. The van der Waals surface area contributed by atoms with Crippen LogP contribution in [0, 0.1) is 0 Å². The van der Waals surface area contributed by atoms with E-state index < -0.39 is 0 Å². The van der Waals surface area contributed by atoms with Crippen molar-refractivity contribution < 1.29 is 18.9 Å². The van der Waals surface area contributed by atoms with Gasteiger partial charge in [-0.15, -0.1) is 0 Å². The van der Waals surface area contributed by atoms with Crippen LogP contribution < -0.4 is 18.9 Å². The van der Waals surface area contributed by atoms with Gasteiger partial charge in [-0.3, -0.25) is 0 Å². The molecule has 0 aromatic heterocycles. The molecule has 6 rings (SSSR count). The molecule has 1 aliphatic carbocycles. The van der Waals surface area contributed by atoms with E-state index in [4.69, 9.17) is 18.9 Å². The quantitative estimate of drug-likeness (QED) is 0.123. The fourth-order valence-electron chi connectivity index (χ4n) is 8.70. The van der Waals surface area contributed by atoms with Gasteiger partial charge in [0, 0.05) is 25.7 Å². The minimum absolute atomic E-state index is 0.0861. The van der Waals surface area contributed by atoms with Crippen LogP contribution in [0.3, 0.4) is 0 Å². The summed E-state index contributed by atoms with van der Waals surface area (Å²) in [6.07, 6.45) is 5.45. The molecule has 0 saturated heterocycles. The molecule has 0 fully saturated rings. The number of rotatable bonds is 12. The molecule has 0 spiro atoms. The molecule has 344 valence electrons. The highest BCUT2D eigenvalue weighted by atomic mass is 16.5. The average molecular weight is 865 g/mol. The van der Waals surface area contributed by atoms with Crippen molar-refractivity contribution in [2.75, 3.05) is 19.8 Å². The maximum absolute atomic E-state index is 7.18. The molecule has 5 aromatic rings. The maximum Gasteiger partial charge on any atom is 0.126 e. The number of benzene rings is 5. The van der Waals surface area contributed by atoms with E-state index in [0.29, 0.717) is 52.1 Å². The van der Waals surface area contributed by atoms with Crippen LogP contribution in [0.25, 0.3) is 0 Å². The van der Waals surface area contributed by atoms with Gasteiger partial charge >= 0.3 is 0 Å². The Bertz CT molecular complexity index is 2250. The molecule has 1 aliphatic rings. The molecule has 4 heteroatoms. The Morgan fingerprint density at radius 2 is 0.578 bits per heavy atom. The summed E-state index contributed by atoms with van der Waals surface area (Å²) in [6.45, 7) is 36.9. The first-order valence-corrected chi connectivity index (χ1v) is 24.3. The smallest absolute Gasteiger partial charge is 0.126 e. The highest BCUT2D eigenvalue weighted by Gasteiger charge is 2.29. The molecule has 0 unspecified atom stereocenters. The van der Waals surface area contributed by atoms with E-state index in [1.165, 1.54) is 66.8 Å². The molecule has 0 radical (unpaired) electrons. The summed E-state index contributed by atoms with van der Waals surface area (Å²) in [5.41, 5.74) is 15.5. The van der Waals surface area contributed by atoms with Crippen molar-refractivity contribution >= 4 is 0 Å². The number of fused-ring (bicyclic) bond motifs is 8. The molecule has 0 N–H and O–H groups in total. The average Bonchev–Trinajstić information content (AvgIpc) is 3.20. The summed E-state index contributed by atoms with van der Waals surface area (Å²) in [4.78, 5) is 0. The van der Waals surface area contributed by atoms with Gasteiger partial charge in [-0.05, 0) is 113 Å². The van der Waals surface area contributed by atoms with Gasteiger partial charge in [-0.2, -0.15) is 0 Å². The summed E-state index contributed by atoms with van der Waals surface area (Å²) < 4.78 is 28.1. The van der Waals surface area contributed by atoms with Crippen molar-refractivity contribution in [3.05, 3.63) is 151 Å². The predicted molar refractivity (Wildman–Crippen MR) is 270 cm³/mol. The maximum atomic E-state index is 7.18. The second-order valence-electron chi connectivity index (χ2n) is 22.5. The van der Waals surface area contributed by atoms with Crippen LogP contribution >= 0.6 is 0 Å². The highest BCUT2D eigenvalue weighted by molar-refractivity contribution is 5.60. The largest absolute Gasteiger partial charge is 0.493 e. The van der Waals surface area contributed by atoms with Crippen LogP contribution in [-0.2, 0) is 54.0 Å². The van der Waals surface area contributed by atoms with Crippen LogP contribution in [0.5, 0.6) is 23.0 Å². The lowest BCUT2D eigenvalue weighted by atomic mass is 9.79. The number of hydrogen-bond acceptors (Lipinski definition) is 4. The number of ether oxygens (including phenoxy) is 4. The zero-order valence-electron chi connectivity index (χ0n) is 42.4. The normalized spacial score (nSPS) is 13.4. The molecular formula is C60H80O4. The third kappa shape index (κ3) is 11.8. The summed E-state index contributed by atoms with van der Waals surface area (Å²) in [5, 5.41) is 0. The lowest BCUT2D eigenvalue weighted by molar-refractivity contribution is 0.298. The van der Waals surface area contributed by atoms with Gasteiger partial charge in [0.1, 0.15) is 29.6 Å².